The maximum Gasteiger partial charge on any atom is 0.295 e. The van der Waals surface area contributed by atoms with Crippen molar-refractivity contribution < 1.29 is 9.53 Å². The monoisotopic (exact) mass is 492 g/mol. The first-order valence-electron chi connectivity index (χ1n) is 11.3. The van der Waals surface area contributed by atoms with Gasteiger partial charge in [-0.1, -0.05) is 42.1 Å². The van der Waals surface area contributed by atoms with Crippen LogP contribution in [0.1, 0.15) is 19.5 Å². The lowest BCUT2D eigenvalue weighted by molar-refractivity contribution is -0.115. The van der Waals surface area contributed by atoms with E-state index in [4.69, 9.17) is 4.74 Å². The molecule has 0 radical (unpaired) electrons. The number of aromatic nitrogens is 5. The van der Waals surface area contributed by atoms with Crippen molar-refractivity contribution in [1.29, 1.82) is 0 Å². The van der Waals surface area contributed by atoms with Gasteiger partial charge in [-0.15, -0.1) is 10.2 Å². The van der Waals surface area contributed by atoms with E-state index >= 15 is 0 Å². The highest BCUT2D eigenvalue weighted by molar-refractivity contribution is 8.00. The van der Waals surface area contributed by atoms with E-state index in [2.05, 4.69) is 15.5 Å². The first-order chi connectivity index (χ1) is 16.9. The van der Waals surface area contributed by atoms with Gasteiger partial charge in [-0.25, -0.2) is 4.68 Å². The summed E-state index contributed by atoms with van der Waals surface area (Å²) in [4.78, 5) is 26.2. The third kappa shape index (κ3) is 4.61. The predicted molar refractivity (Wildman–Crippen MR) is 137 cm³/mol. The fourth-order valence-electron chi connectivity index (χ4n) is 3.84. The second-order valence-corrected chi connectivity index (χ2v) is 9.24. The maximum absolute atomic E-state index is 13.1. The molecule has 0 unspecified atom stereocenters. The number of thioether (sulfide) groups is 1. The van der Waals surface area contributed by atoms with Crippen molar-refractivity contribution in [2.45, 2.75) is 37.7 Å². The summed E-state index contributed by atoms with van der Waals surface area (Å²) in [5.74, 6) is 1.08. The van der Waals surface area contributed by atoms with E-state index in [1.54, 1.807) is 25.8 Å². The van der Waals surface area contributed by atoms with Crippen LogP contribution in [0.4, 0.5) is 5.69 Å². The van der Waals surface area contributed by atoms with E-state index in [0.29, 0.717) is 29.0 Å². The molecule has 2 aromatic carbocycles. The number of nitrogens with one attached hydrogen (secondary N) is 1. The van der Waals surface area contributed by atoms with Crippen LogP contribution in [0.5, 0.6) is 5.75 Å². The van der Waals surface area contributed by atoms with Gasteiger partial charge in [0, 0.05) is 13.6 Å². The third-order valence-electron chi connectivity index (χ3n) is 5.83. The molecular weight excluding hydrogens is 464 g/mol. The molecule has 0 aliphatic rings. The fourth-order valence-corrected chi connectivity index (χ4v) is 4.75. The summed E-state index contributed by atoms with van der Waals surface area (Å²) in [5.41, 5.74) is 2.21. The molecule has 1 amide bonds. The van der Waals surface area contributed by atoms with Crippen LogP contribution in [-0.2, 0) is 18.4 Å². The number of carbonyl (C=O) groups excluding carboxylic acids is 1. The smallest absolute Gasteiger partial charge is 0.295 e. The van der Waals surface area contributed by atoms with Gasteiger partial charge in [0.1, 0.15) is 11.4 Å². The molecule has 4 aromatic rings. The zero-order chi connectivity index (χ0) is 25.1. The number of amides is 1. The van der Waals surface area contributed by atoms with Crippen molar-refractivity contribution in [3.8, 4) is 22.8 Å². The number of para-hydroxylation sites is 2. The molecule has 182 valence electrons. The van der Waals surface area contributed by atoms with Gasteiger partial charge in [0.25, 0.3) is 5.56 Å². The van der Waals surface area contributed by atoms with Gasteiger partial charge in [0.15, 0.2) is 11.0 Å². The minimum Gasteiger partial charge on any atom is -0.496 e. The van der Waals surface area contributed by atoms with E-state index < -0.39 is 5.25 Å². The van der Waals surface area contributed by atoms with Crippen LogP contribution in [0, 0.1) is 6.92 Å². The number of methoxy groups -OCH3 is 1. The normalized spacial score (nSPS) is 11.9. The van der Waals surface area contributed by atoms with Gasteiger partial charge in [0.2, 0.25) is 5.91 Å². The average molecular weight is 493 g/mol. The minimum absolute atomic E-state index is 0.264. The topological polar surface area (TPSA) is 96.0 Å². The molecule has 0 saturated heterocycles. The lowest BCUT2D eigenvalue weighted by Gasteiger charge is -2.13. The summed E-state index contributed by atoms with van der Waals surface area (Å²) < 4.78 is 10.7. The van der Waals surface area contributed by atoms with Gasteiger partial charge in [-0.3, -0.25) is 14.3 Å². The number of nitrogens with zero attached hydrogens (tertiary/aromatic N) is 5. The van der Waals surface area contributed by atoms with E-state index in [9.17, 15) is 9.59 Å². The molecular formula is C25H28N6O3S. The summed E-state index contributed by atoms with van der Waals surface area (Å²) in [6, 6.07) is 16.9. The standard InChI is InChI=1S/C25H28N6O3S/c1-6-30-22(19-14-10-11-15-20(19)34-5)27-28-25(30)35-17(3)23(32)26-21-16(2)29(4)31(24(21)33)18-12-8-7-9-13-18/h7-15,17H,6H2,1-5H3,(H,26,32)/t17-/m1/s1. The number of benzene rings is 2. The second-order valence-electron chi connectivity index (χ2n) is 7.94. The van der Waals surface area contributed by atoms with Gasteiger partial charge < -0.3 is 14.6 Å². The minimum atomic E-state index is -0.515. The fraction of sp³-hybridized carbons (Fsp3) is 0.280. The van der Waals surface area contributed by atoms with Crippen LogP contribution < -0.4 is 15.6 Å². The Morgan fingerprint density at radius 1 is 1.11 bits per heavy atom. The second kappa shape index (κ2) is 10.2. The Morgan fingerprint density at radius 3 is 2.49 bits per heavy atom. The molecule has 0 bridgehead atoms. The number of ether oxygens (including phenoxy) is 1. The number of hydrogen-bond donors (Lipinski definition) is 1. The molecule has 1 atom stereocenters. The van der Waals surface area contributed by atoms with E-state index in [-0.39, 0.29) is 17.2 Å². The quantitative estimate of drug-likeness (QED) is 0.375. The summed E-state index contributed by atoms with van der Waals surface area (Å²) in [7, 11) is 3.41. The van der Waals surface area contributed by atoms with Crippen LogP contribution in [0.25, 0.3) is 17.1 Å². The highest BCUT2D eigenvalue weighted by atomic mass is 32.2. The summed E-state index contributed by atoms with van der Waals surface area (Å²) in [5, 5.41) is 11.6. The molecule has 4 rings (SSSR count). The Bertz CT molecular complexity index is 1410. The molecule has 0 saturated carbocycles. The summed E-state index contributed by atoms with van der Waals surface area (Å²) in [6.45, 7) is 6.21. The van der Waals surface area contributed by atoms with Crippen LogP contribution >= 0.6 is 11.8 Å². The van der Waals surface area contributed by atoms with Crippen molar-refractivity contribution in [3.05, 3.63) is 70.6 Å². The summed E-state index contributed by atoms with van der Waals surface area (Å²) in [6.07, 6.45) is 0. The molecule has 0 fully saturated rings. The van der Waals surface area contributed by atoms with Crippen LogP contribution in [0.2, 0.25) is 0 Å². The lowest BCUT2D eigenvalue weighted by atomic mass is 10.2. The van der Waals surface area contributed by atoms with E-state index in [1.165, 1.54) is 16.4 Å². The van der Waals surface area contributed by atoms with Crippen molar-refractivity contribution in [2.75, 3.05) is 12.4 Å². The van der Waals surface area contributed by atoms with E-state index in [0.717, 1.165) is 11.3 Å². The largest absolute Gasteiger partial charge is 0.496 e. The van der Waals surface area contributed by atoms with Gasteiger partial charge in [-0.05, 0) is 45.0 Å². The Kier molecular flexibility index (Phi) is 7.11. The maximum atomic E-state index is 13.1. The average Bonchev–Trinajstić information content (AvgIpc) is 3.37. The van der Waals surface area contributed by atoms with Gasteiger partial charge in [0.05, 0.1) is 29.3 Å². The number of hydrogen-bond acceptors (Lipinski definition) is 6. The van der Waals surface area contributed by atoms with Crippen LogP contribution in [0.3, 0.4) is 0 Å². The van der Waals surface area contributed by atoms with Gasteiger partial charge in [-0.2, -0.15) is 0 Å². The molecule has 35 heavy (non-hydrogen) atoms. The highest BCUT2D eigenvalue weighted by Gasteiger charge is 2.24. The van der Waals surface area contributed by atoms with Crippen molar-refractivity contribution >= 4 is 23.4 Å². The van der Waals surface area contributed by atoms with Crippen molar-refractivity contribution in [2.24, 2.45) is 7.05 Å². The third-order valence-corrected chi connectivity index (χ3v) is 6.92. The van der Waals surface area contributed by atoms with Crippen molar-refractivity contribution in [1.82, 2.24) is 24.1 Å². The number of anilines is 1. The molecule has 0 spiro atoms. The molecule has 0 aliphatic heterocycles. The Morgan fingerprint density at radius 2 is 1.80 bits per heavy atom. The zero-order valence-electron chi connectivity index (χ0n) is 20.3. The number of carbonyl (C=O) groups is 1. The number of rotatable bonds is 8. The Hall–Kier alpha value is -3.79. The van der Waals surface area contributed by atoms with E-state index in [1.807, 2.05) is 73.0 Å². The molecule has 2 heterocycles. The summed E-state index contributed by atoms with van der Waals surface area (Å²) >= 11 is 1.29. The first-order valence-corrected chi connectivity index (χ1v) is 12.1. The highest BCUT2D eigenvalue weighted by Crippen LogP contribution is 2.32. The first kappa shape index (κ1) is 24.3. The zero-order valence-corrected chi connectivity index (χ0v) is 21.2. The Labute approximate surface area is 207 Å². The SMILES string of the molecule is CCn1c(S[C@H](C)C(=O)Nc2c(C)n(C)n(-c3ccccc3)c2=O)nnc1-c1ccccc1OC. The molecule has 1 N–H and O–H groups in total. The Balaban J connectivity index is 1.57. The van der Waals surface area contributed by atoms with Gasteiger partial charge >= 0.3 is 0 Å². The lowest BCUT2D eigenvalue weighted by Crippen LogP contribution is -2.27. The van der Waals surface area contributed by atoms with Crippen LogP contribution in [0.15, 0.2) is 64.5 Å². The predicted octanol–water partition coefficient (Wildman–Crippen LogP) is 3.89. The molecule has 9 nitrogen and oxygen atoms in total. The molecule has 0 aliphatic carbocycles. The van der Waals surface area contributed by atoms with Crippen LogP contribution in [-0.4, -0.2) is 42.4 Å². The molecule has 2 aromatic heterocycles. The molecule has 10 heteroatoms. The van der Waals surface area contributed by atoms with Crippen molar-refractivity contribution in [3.63, 3.8) is 0 Å².